The monoisotopic (exact) mass is 290 g/mol. The van der Waals surface area contributed by atoms with Crippen molar-refractivity contribution in [3.63, 3.8) is 0 Å². The largest absolute Gasteiger partial charge is 0.493 e. The third-order valence-electron chi connectivity index (χ3n) is 2.86. The average Bonchev–Trinajstić information content (AvgIpc) is 2.42. The number of benzene rings is 2. The van der Waals surface area contributed by atoms with Gasteiger partial charge in [0.15, 0.2) is 0 Å². The Morgan fingerprint density at radius 2 is 1.90 bits per heavy atom. The Bertz CT molecular complexity index is 582. The Morgan fingerprint density at radius 3 is 2.60 bits per heavy atom. The first-order valence-electron chi connectivity index (χ1n) is 6.32. The summed E-state index contributed by atoms with van der Waals surface area (Å²) in [6, 6.07) is 15.0. The third kappa shape index (κ3) is 4.28. The Balaban J connectivity index is 2.01. The lowest BCUT2D eigenvalue weighted by molar-refractivity contribution is -0.136. The van der Waals surface area contributed by atoms with Gasteiger partial charge in [-0.15, -0.1) is 0 Å². The van der Waals surface area contributed by atoms with Crippen LogP contribution in [0.3, 0.4) is 0 Å². The van der Waals surface area contributed by atoms with Crippen molar-refractivity contribution in [2.45, 2.75) is 12.8 Å². The van der Waals surface area contributed by atoms with Gasteiger partial charge in [-0.1, -0.05) is 48.0 Å². The summed E-state index contributed by atoms with van der Waals surface area (Å²) >= 11 is 5.92. The summed E-state index contributed by atoms with van der Waals surface area (Å²) in [5.74, 6) is -0.351. The van der Waals surface area contributed by atoms with Gasteiger partial charge in [0, 0.05) is 17.0 Å². The lowest BCUT2D eigenvalue weighted by Gasteiger charge is -2.11. The number of hydrogen-bond donors (Lipinski definition) is 1. The lowest BCUT2D eigenvalue weighted by atomic mass is 10.1. The summed E-state index contributed by atoms with van der Waals surface area (Å²) in [5.41, 5.74) is 1.81. The van der Waals surface area contributed by atoms with Crippen molar-refractivity contribution >= 4 is 17.6 Å². The zero-order valence-corrected chi connectivity index (χ0v) is 11.6. The number of aliphatic carboxylic acids is 1. The van der Waals surface area contributed by atoms with Gasteiger partial charge in [-0.05, 0) is 17.7 Å². The van der Waals surface area contributed by atoms with E-state index >= 15 is 0 Å². The lowest BCUT2D eigenvalue weighted by Crippen LogP contribution is -2.06. The van der Waals surface area contributed by atoms with Gasteiger partial charge < -0.3 is 9.84 Å². The van der Waals surface area contributed by atoms with Gasteiger partial charge in [0.2, 0.25) is 0 Å². The van der Waals surface area contributed by atoms with E-state index in [1.165, 1.54) is 5.56 Å². The van der Waals surface area contributed by atoms with E-state index in [1.807, 2.05) is 30.3 Å². The second kappa shape index (κ2) is 6.96. The molecule has 4 heteroatoms. The number of rotatable bonds is 6. The molecule has 2 rings (SSSR count). The maximum absolute atomic E-state index is 10.8. The molecule has 2 aromatic carbocycles. The van der Waals surface area contributed by atoms with Crippen LogP contribution in [0.15, 0.2) is 48.5 Å². The molecule has 0 aliphatic rings. The molecule has 1 N–H and O–H groups in total. The van der Waals surface area contributed by atoms with Crippen molar-refractivity contribution in [1.29, 1.82) is 0 Å². The van der Waals surface area contributed by atoms with Crippen molar-refractivity contribution in [3.8, 4) is 5.75 Å². The van der Waals surface area contributed by atoms with E-state index in [0.29, 0.717) is 22.9 Å². The number of ether oxygens (including phenoxy) is 1. The topological polar surface area (TPSA) is 46.5 Å². The molecule has 0 saturated carbocycles. The van der Waals surface area contributed by atoms with Gasteiger partial charge in [0.1, 0.15) is 5.75 Å². The van der Waals surface area contributed by atoms with E-state index in [-0.39, 0.29) is 6.42 Å². The van der Waals surface area contributed by atoms with Crippen LogP contribution >= 0.6 is 11.6 Å². The van der Waals surface area contributed by atoms with E-state index in [9.17, 15) is 4.79 Å². The molecule has 0 aromatic heterocycles. The molecule has 0 saturated heterocycles. The molecular formula is C16H15ClO3. The predicted octanol–water partition coefficient (Wildman–Crippen LogP) is 3.59. The molecule has 0 radical (unpaired) electrons. The highest BCUT2D eigenvalue weighted by Gasteiger charge is 2.09. The van der Waals surface area contributed by atoms with Gasteiger partial charge >= 0.3 is 5.97 Å². The fraction of sp³-hybridized carbons (Fsp3) is 0.188. The Morgan fingerprint density at radius 1 is 1.15 bits per heavy atom. The van der Waals surface area contributed by atoms with Crippen LogP contribution in [0, 0.1) is 0 Å². The van der Waals surface area contributed by atoms with Gasteiger partial charge in [-0.3, -0.25) is 4.79 Å². The highest BCUT2D eigenvalue weighted by molar-refractivity contribution is 6.30. The molecule has 0 aliphatic heterocycles. The quantitative estimate of drug-likeness (QED) is 0.884. The normalized spacial score (nSPS) is 10.2. The number of carboxylic acid groups (broad SMARTS) is 1. The van der Waals surface area contributed by atoms with E-state index in [0.717, 1.165) is 6.42 Å². The zero-order valence-electron chi connectivity index (χ0n) is 10.9. The fourth-order valence-corrected chi connectivity index (χ4v) is 2.06. The summed E-state index contributed by atoms with van der Waals surface area (Å²) in [6.45, 7) is 0.483. The molecular weight excluding hydrogens is 276 g/mol. The molecule has 0 amide bonds. The Kier molecular flexibility index (Phi) is 5.02. The number of halogens is 1. The molecule has 0 bridgehead atoms. The molecule has 2 aromatic rings. The van der Waals surface area contributed by atoms with Gasteiger partial charge in [0.05, 0.1) is 13.0 Å². The number of hydrogen-bond acceptors (Lipinski definition) is 2. The van der Waals surface area contributed by atoms with E-state index in [4.69, 9.17) is 21.4 Å². The number of carboxylic acids is 1. The van der Waals surface area contributed by atoms with Crippen LogP contribution in [0.2, 0.25) is 5.02 Å². The highest BCUT2D eigenvalue weighted by atomic mass is 35.5. The second-order valence-electron chi connectivity index (χ2n) is 4.41. The van der Waals surface area contributed by atoms with Crippen molar-refractivity contribution in [3.05, 3.63) is 64.7 Å². The molecule has 0 unspecified atom stereocenters. The Hall–Kier alpha value is -2.00. The first-order chi connectivity index (χ1) is 9.65. The minimum Gasteiger partial charge on any atom is -0.493 e. The molecule has 0 spiro atoms. The van der Waals surface area contributed by atoms with Crippen LogP contribution < -0.4 is 4.74 Å². The van der Waals surface area contributed by atoms with E-state index in [1.54, 1.807) is 18.2 Å². The standard InChI is InChI=1S/C16H15ClO3/c17-14-7-6-13(10-16(18)19)15(11-14)20-9-8-12-4-2-1-3-5-12/h1-7,11H,8-10H2,(H,18,19). The van der Waals surface area contributed by atoms with Crippen molar-refractivity contribution < 1.29 is 14.6 Å². The second-order valence-corrected chi connectivity index (χ2v) is 4.84. The smallest absolute Gasteiger partial charge is 0.307 e. The third-order valence-corrected chi connectivity index (χ3v) is 3.10. The SMILES string of the molecule is O=C(O)Cc1ccc(Cl)cc1OCCc1ccccc1. The molecule has 0 atom stereocenters. The van der Waals surface area contributed by atoms with Crippen LogP contribution in [-0.2, 0) is 17.6 Å². The van der Waals surface area contributed by atoms with Crippen LogP contribution in [0.4, 0.5) is 0 Å². The molecule has 104 valence electrons. The summed E-state index contributed by atoms with van der Waals surface area (Å²) in [7, 11) is 0. The van der Waals surface area contributed by atoms with Gasteiger partial charge in [0.25, 0.3) is 0 Å². The molecule has 0 fully saturated rings. The minimum absolute atomic E-state index is 0.0716. The van der Waals surface area contributed by atoms with Gasteiger partial charge in [-0.25, -0.2) is 0 Å². The van der Waals surface area contributed by atoms with Crippen molar-refractivity contribution in [1.82, 2.24) is 0 Å². The molecule has 20 heavy (non-hydrogen) atoms. The predicted molar refractivity (Wildman–Crippen MR) is 78.4 cm³/mol. The first-order valence-corrected chi connectivity index (χ1v) is 6.70. The van der Waals surface area contributed by atoms with Crippen molar-refractivity contribution in [2.24, 2.45) is 0 Å². The maximum Gasteiger partial charge on any atom is 0.307 e. The minimum atomic E-state index is -0.889. The van der Waals surface area contributed by atoms with Gasteiger partial charge in [-0.2, -0.15) is 0 Å². The molecule has 0 aliphatic carbocycles. The average molecular weight is 291 g/mol. The maximum atomic E-state index is 10.8. The number of carbonyl (C=O) groups is 1. The fourth-order valence-electron chi connectivity index (χ4n) is 1.90. The molecule has 0 heterocycles. The van der Waals surface area contributed by atoms with E-state index < -0.39 is 5.97 Å². The zero-order chi connectivity index (χ0) is 14.4. The summed E-state index contributed by atoms with van der Waals surface area (Å²) in [6.07, 6.45) is 0.692. The van der Waals surface area contributed by atoms with Crippen molar-refractivity contribution in [2.75, 3.05) is 6.61 Å². The summed E-state index contributed by atoms with van der Waals surface area (Å²) in [5, 5.41) is 9.41. The first kappa shape index (κ1) is 14.4. The van der Waals surface area contributed by atoms with Crippen LogP contribution in [-0.4, -0.2) is 17.7 Å². The summed E-state index contributed by atoms with van der Waals surface area (Å²) in [4.78, 5) is 10.8. The van der Waals surface area contributed by atoms with E-state index in [2.05, 4.69) is 0 Å². The van der Waals surface area contributed by atoms with Crippen LogP contribution in [0.25, 0.3) is 0 Å². The summed E-state index contributed by atoms with van der Waals surface area (Å²) < 4.78 is 5.68. The van der Waals surface area contributed by atoms with Crippen LogP contribution in [0.5, 0.6) is 5.75 Å². The van der Waals surface area contributed by atoms with Crippen LogP contribution in [0.1, 0.15) is 11.1 Å². The Labute approximate surface area is 122 Å². The highest BCUT2D eigenvalue weighted by Crippen LogP contribution is 2.24. The molecule has 3 nitrogen and oxygen atoms in total.